The molecule has 0 aliphatic rings. The van der Waals surface area contributed by atoms with Gasteiger partial charge >= 0.3 is 18.4 Å². The van der Waals surface area contributed by atoms with Crippen LogP contribution in [-0.4, -0.2) is 22.5 Å². The van der Waals surface area contributed by atoms with Gasteiger partial charge in [0.2, 0.25) is 0 Å². The van der Waals surface area contributed by atoms with Gasteiger partial charge in [-0.2, -0.15) is 8.42 Å². The van der Waals surface area contributed by atoms with Crippen molar-refractivity contribution in [2.45, 2.75) is 0 Å². The smallest absolute Gasteiger partial charge is 0.394 e. The molecule has 3 N–H and O–H groups in total. The summed E-state index contributed by atoms with van der Waals surface area (Å²) in [5, 5.41) is 0.923. The van der Waals surface area contributed by atoms with Gasteiger partial charge in [0.25, 0.3) is 5.44 Å². The maximum Gasteiger partial charge on any atom is 0.394 e. The van der Waals surface area contributed by atoms with Gasteiger partial charge in [0, 0.05) is 17.0 Å². The summed E-state index contributed by atoms with van der Waals surface area (Å²) in [4.78, 5) is 13.4. The Bertz CT molecular complexity index is 593. The van der Waals surface area contributed by atoms with E-state index in [4.69, 9.17) is 17.5 Å². The fourth-order valence-electron chi connectivity index (χ4n) is 1.16. The van der Waals surface area contributed by atoms with Gasteiger partial charge in [0.1, 0.15) is 0 Å². The molecule has 1 aromatic carbocycles. The first-order valence-electron chi connectivity index (χ1n) is 4.19. The average molecular weight is 277 g/mol. The minimum Gasteiger partial charge on any atom is -0.590 e. The first kappa shape index (κ1) is 13.8. The quantitative estimate of drug-likeness (QED) is 0.505. The highest BCUT2D eigenvalue weighted by Gasteiger charge is 2.09. The molecule has 92 valence electrons. The van der Waals surface area contributed by atoms with E-state index in [1.165, 1.54) is 0 Å². The SMILES string of the molecule is O=S(=O)(O)O.O=[P+]([O-])c1cc2ccccc2[nH]1. The molecule has 1 atom stereocenters. The van der Waals surface area contributed by atoms with E-state index in [0.717, 1.165) is 10.9 Å². The van der Waals surface area contributed by atoms with Crippen LogP contribution in [0, 0.1) is 0 Å². The lowest BCUT2D eigenvalue weighted by molar-refractivity contribution is -0.160. The molecule has 0 fully saturated rings. The summed E-state index contributed by atoms with van der Waals surface area (Å²) >= 11 is 0. The number of para-hydroxylation sites is 1. The molecule has 17 heavy (non-hydrogen) atoms. The highest BCUT2D eigenvalue weighted by atomic mass is 32.3. The Labute approximate surface area is 97.5 Å². The maximum atomic E-state index is 10.6. The Morgan fingerprint density at radius 3 is 2.24 bits per heavy atom. The molecule has 1 heterocycles. The van der Waals surface area contributed by atoms with Gasteiger partial charge in [-0.25, -0.2) is 0 Å². The fourth-order valence-corrected chi connectivity index (χ4v) is 1.61. The number of hydrogen-bond acceptors (Lipinski definition) is 4. The Balaban J connectivity index is 0.000000249. The number of hydrogen-bond donors (Lipinski definition) is 3. The molecule has 0 aliphatic heterocycles. The number of nitrogens with one attached hydrogen (secondary N) is 1. The Morgan fingerprint density at radius 2 is 1.76 bits per heavy atom. The Morgan fingerprint density at radius 1 is 1.24 bits per heavy atom. The molecular weight excluding hydrogens is 269 g/mol. The molecule has 0 radical (unpaired) electrons. The lowest BCUT2D eigenvalue weighted by Gasteiger charge is -1.83. The van der Waals surface area contributed by atoms with Crippen LogP contribution in [0.2, 0.25) is 0 Å². The predicted octanol–water partition coefficient (Wildman–Crippen LogP) is 0.243. The summed E-state index contributed by atoms with van der Waals surface area (Å²) in [5.41, 5.74) is 1.12. The second kappa shape index (κ2) is 5.35. The summed E-state index contributed by atoms with van der Waals surface area (Å²) in [5.74, 6) is 0. The van der Waals surface area contributed by atoms with Gasteiger partial charge in [-0.15, -0.1) is 0 Å². The first-order chi connectivity index (χ1) is 7.77. The van der Waals surface area contributed by atoms with E-state index >= 15 is 0 Å². The fraction of sp³-hybridized carbons (Fsp3) is 0. The summed E-state index contributed by atoms with van der Waals surface area (Å²) < 4.78 is 42.2. The van der Waals surface area contributed by atoms with Crippen LogP contribution in [0.25, 0.3) is 10.9 Å². The molecule has 1 unspecified atom stereocenters. The number of aromatic amines is 1. The molecule has 0 spiro atoms. The number of H-pyrrole nitrogens is 1. The predicted molar refractivity (Wildman–Crippen MR) is 59.7 cm³/mol. The van der Waals surface area contributed by atoms with Crippen molar-refractivity contribution in [3.05, 3.63) is 30.3 Å². The topological polar surface area (TPSA) is 131 Å². The van der Waals surface area contributed by atoms with E-state index in [0.29, 0.717) is 0 Å². The number of fused-ring (bicyclic) bond motifs is 1. The van der Waals surface area contributed by atoms with Crippen molar-refractivity contribution in [2.75, 3.05) is 0 Å². The van der Waals surface area contributed by atoms with Crippen molar-refractivity contribution < 1.29 is 27.0 Å². The van der Waals surface area contributed by atoms with Crippen LogP contribution in [0.1, 0.15) is 0 Å². The van der Waals surface area contributed by atoms with Crippen molar-refractivity contribution >= 4 is 34.8 Å². The minimum absolute atomic E-state index is 0.270. The average Bonchev–Trinajstić information content (AvgIpc) is 2.58. The second-order valence-electron chi connectivity index (χ2n) is 2.95. The molecule has 0 aliphatic carbocycles. The lowest BCUT2D eigenvalue weighted by atomic mass is 10.3. The van der Waals surface area contributed by atoms with Crippen LogP contribution in [0.4, 0.5) is 0 Å². The molecule has 1 aromatic heterocycles. The van der Waals surface area contributed by atoms with Gasteiger partial charge in [0.05, 0.1) is 0 Å². The zero-order valence-corrected chi connectivity index (χ0v) is 9.98. The van der Waals surface area contributed by atoms with Crippen LogP contribution in [0.3, 0.4) is 0 Å². The number of rotatable bonds is 1. The van der Waals surface area contributed by atoms with Gasteiger partial charge in [-0.05, 0) is 6.07 Å². The summed E-state index contributed by atoms with van der Waals surface area (Å²) in [6.07, 6.45) is 0. The molecule has 9 heteroatoms. The Hall–Kier alpha value is -1.31. The van der Waals surface area contributed by atoms with E-state index < -0.39 is 18.4 Å². The Kier molecular flexibility index (Phi) is 4.33. The number of benzene rings is 1. The van der Waals surface area contributed by atoms with Crippen molar-refractivity contribution in [2.24, 2.45) is 0 Å². The van der Waals surface area contributed by atoms with Crippen LogP contribution >= 0.6 is 8.03 Å². The van der Waals surface area contributed by atoms with Gasteiger partial charge < -0.3 is 9.88 Å². The van der Waals surface area contributed by atoms with Crippen LogP contribution in [0.15, 0.2) is 30.3 Å². The molecule has 0 saturated heterocycles. The molecule has 0 bridgehead atoms. The number of aromatic nitrogens is 1. The zero-order valence-electron chi connectivity index (χ0n) is 8.27. The first-order valence-corrected chi connectivity index (χ1v) is 6.77. The molecule has 0 amide bonds. The highest BCUT2D eigenvalue weighted by Crippen LogP contribution is 2.15. The standard InChI is InChI=1S/C8H6NO2P.H2O4S/c10-12(11)8-5-6-3-1-2-4-7(6)9-8;1-5(2,3)4/h1-5,9H;(H2,1,2,3,4). The van der Waals surface area contributed by atoms with E-state index in [2.05, 4.69) is 4.98 Å². The molecular formula is C8H8NO6PS. The summed E-state index contributed by atoms with van der Waals surface area (Å²) in [7, 11) is -7.16. The maximum absolute atomic E-state index is 10.6. The third-order valence-electron chi connectivity index (χ3n) is 1.71. The van der Waals surface area contributed by atoms with Crippen LogP contribution < -0.4 is 10.3 Å². The van der Waals surface area contributed by atoms with E-state index in [1.807, 2.05) is 24.3 Å². The van der Waals surface area contributed by atoms with E-state index in [1.54, 1.807) is 6.07 Å². The summed E-state index contributed by atoms with van der Waals surface area (Å²) in [6, 6.07) is 9.07. The molecule has 2 rings (SSSR count). The van der Waals surface area contributed by atoms with Gasteiger partial charge in [0.15, 0.2) is 0 Å². The normalized spacial score (nSPS) is 11.8. The van der Waals surface area contributed by atoms with E-state index in [9.17, 15) is 9.46 Å². The molecule has 2 aromatic rings. The highest BCUT2D eigenvalue weighted by molar-refractivity contribution is 7.79. The van der Waals surface area contributed by atoms with Crippen molar-refractivity contribution in [1.29, 1.82) is 0 Å². The lowest BCUT2D eigenvalue weighted by Crippen LogP contribution is -2.03. The van der Waals surface area contributed by atoms with Gasteiger partial charge in [-0.1, -0.05) is 22.8 Å². The zero-order chi connectivity index (χ0) is 13.1. The van der Waals surface area contributed by atoms with Gasteiger partial charge in [-0.3, -0.25) is 9.11 Å². The molecule has 0 saturated carbocycles. The second-order valence-corrected chi connectivity index (χ2v) is 4.84. The third-order valence-corrected chi connectivity index (χ3v) is 2.35. The summed E-state index contributed by atoms with van der Waals surface area (Å²) in [6.45, 7) is 0. The third kappa shape index (κ3) is 5.03. The molecule has 7 nitrogen and oxygen atoms in total. The van der Waals surface area contributed by atoms with Crippen molar-refractivity contribution in [1.82, 2.24) is 4.98 Å². The van der Waals surface area contributed by atoms with E-state index in [-0.39, 0.29) is 5.44 Å². The van der Waals surface area contributed by atoms with Crippen LogP contribution in [-0.2, 0) is 15.0 Å². The van der Waals surface area contributed by atoms with Crippen LogP contribution in [0.5, 0.6) is 0 Å². The largest absolute Gasteiger partial charge is 0.590 e. The van der Waals surface area contributed by atoms with Crippen molar-refractivity contribution in [3.8, 4) is 0 Å². The minimum atomic E-state index is -4.67. The van der Waals surface area contributed by atoms with Crippen molar-refractivity contribution in [3.63, 3.8) is 0 Å². The monoisotopic (exact) mass is 277 g/mol.